The van der Waals surface area contributed by atoms with E-state index in [1.165, 1.54) is 0 Å². The standard InChI is InChI=1S/C13H23N3O3/c1-2-3-6-14-12(18)15-11(17)7-16-8-13(19,9-16)10-4-5-10/h10,19H,2-9H2,1H3,(H2,14,15,17,18). The van der Waals surface area contributed by atoms with Crippen LogP contribution in [0.5, 0.6) is 0 Å². The lowest BCUT2D eigenvalue weighted by Crippen LogP contribution is -2.64. The average Bonchev–Trinajstić information content (AvgIpc) is 3.10. The highest BCUT2D eigenvalue weighted by atomic mass is 16.3. The zero-order chi connectivity index (χ0) is 13.9. The Balaban J connectivity index is 1.59. The number of β-amino-alcohol motifs (C(OH)–C–C–N with tert-alkyl or cyclic N) is 1. The van der Waals surface area contributed by atoms with Gasteiger partial charge in [-0.05, 0) is 25.2 Å². The molecule has 3 N–H and O–H groups in total. The molecule has 1 aliphatic carbocycles. The van der Waals surface area contributed by atoms with Crippen molar-refractivity contribution >= 4 is 11.9 Å². The highest BCUT2D eigenvalue weighted by molar-refractivity contribution is 5.95. The Kier molecular flexibility index (Phi) is 4.42. The first-order valence-electron chi connectivity index (χ1n) is 7.06. The molecule has 1 aliphatic heterocycles. The van der Waals surface area contributed by atoms with Crippen LogP contribution >= 0.6 is 0 Å². The molecule has 0 bridgehead atoms. The van der Waals surface area contributed by atoms with E-state index < -0.39 is 11.6 Å². The number of nitrogens with one attached hydrogen (secondary N) is 2. The van der Waals surface area contributed by atoms with Gasteiger partial charge in [0.05, 0.1) is 12.1 Å². The molecule has 0 aromatic rings. The molecule has 0 unspecified atom stereocenters. The zero-order valence-electron chi connectivity index (χ0n) is 11.4. The summed E-state index contributed by atoms with van der Waals surface area (Å²) in [4.78, 5) is 24.8. The summed E-state index contributed by atoms with van der Waals surface area (Å²) in [6.45, 7) is 3.89. The Bertz CT molecular complexity index is 349. The van der Waals surface area contributed by atoms with E-state index in [0.717, 1.165) is 25.7 Å². The summed E-state index contributed by atoms with van der Waals surface area (Å²) >= 11 is 0. The second-order valence-electron chi connectivity index (χ2n) is 5.68. The van der Waals surface area contributed by atoms with E-state index >= 15 is 0 Å². The zero-order valence-corrected chi connectivity index (χ0v) is 11.4. The molecule has 19 heavy (non-hydrogen) atoms. The molecule has 6 heteroatoms. The number of aliphatic hydroxyl groups is 1. The van der Waals surface area contributed by atoms with Crippen LogP contribution in [-0.4, -0.2) is 53.7 Å². The van der Waals surface area contributed by atoms with Crippen LogP contribution in [0.4, 0.5) is 4.79 Å². The van der Waals surface area contributed by atoms with Crippen molar-refractivity contribution in [2.75, 3.05) is 26.2 Å². The first kappa shape index (κ1) is 14.3. The van der Waals surface area contributed by atoms with E-state index in [0.29, 0.717) is 25.6 Å². The van der Waals surface area contributed by atoms with Gasteiger partial charge in [0.1, 0.15) is 0 Å². The number of unbranched alkanes of at least 4 members (excludes halogenated alkanes) is 1. The lowest BCUT2D eigenvalue weighted by Gasteiger charge is -2.46. The first-order chi connectivity index (χ1) is 9.03. The molecule has 1 saturated heterocycles. The average molecular weight is 269 g/mol. The second-order valence-corrected chi connectivity index (χ2v) is 5.68. The maximum atomic E-state index is 11.6. The van der Waals surface area contributed by atoms with Gasteiger partial charge < -0.3 is 10.4 Å². The molecule has 108 valence electrons. The van der Waals surface area contributed by atoms with Crippen LogP contribution in [0, 0.1) is 5.92 Å². The summed E-state index contributed by atoms with van der Waals surface area (Å²) < 4.78 is 0. The number of urea groups is 1. The molecule has 1 saturated carbocycles. The SMILES string of the molecule is CCCCNC(=O)NC(=O)CN1CC(O)(C2CC2)C1. The lowest BCUT2D eigenvalue weighted by atomic mass is 9.89. The Morgan fingerprint density at radius 3 is 2.63 bits per heavy atom. The molecule has 2 rings (SSSR count). The molecule has 1 heterocycles. The summed E-state index contributed by atoms with van der Waals surface area (Å²) in [5, 5.41) is 15.0. The lowest BCUT2D eigenvalue weighted by molar-refractivity contribution is -0.135. The van der Waals surface area contributed by atoms with Gasteiger partial charge in [0.2, 0.25) is 5.91 Å². The Morgan fingerprint density at radius 1 is 1.37 bits per heavy atom. The Hall–Kier alpha value is -1.14. The number of hydrogen-bond acceptors (Lipinski definition) is 4. The number of imide groups is 1. The van der Waals surface area contributed by atoms with Crippen LogP contribution in [-0.2, 0) is 4.79 Å². The predicted octanol–water partition coefficient (Wildman–Crippen LogP) is 0.0690. The fourth-order valence-corrected chi connectivity index (χ4v) is 2.51. The predicted molar refractivity (Wildman–Crippen MR) is 70.6 cm³/mol. The van der Waals surface area contributed by atoms with Gasteiger partial charge in [-0.3, -0.25) is 15.0 Å². The summed E-state index contributed by atoms with van der Waals surface area (Å²) in [5.41, 5.74) is -0.580. The summed E-state index contributed by atoms with van der Waals surface area (Å²) in [5.74, 6) is 0.107. The van der Waals surface area contributed by atoms with E-state index in [2.05, 4.69) is 10.6 Å². The highest BCUT2D eigenvalue weighted by Gasteiger charge is 2.51. The monoisotopic (exact) mass is 269 g/mol. The fourth-order valence-electron chi connectivity index (χ4n) is 2.51. The maximum Gasteiger partial charge on any atom is 0.321 e. The van der Waals surface area contributed by atoms with Gasteiger partial charge in [0.15, 0.2) is 0 Å². The third-order valence-electron chi connectivity index (χ3n) is 3.77. The minimum absolute atomic E-state index is 0.177. The minimum Gasteiger partial charge on any atom is -0.387 e. The van der Waals surface area contributed by atoms with E-state index in [-0.39, 0.29) is 12.5 Å². The van der Waals surface area contributed by atoms with E-state index in [1.807, 2.05) is 11.8 Å². The van der Waals surface area contributed by atoms with Gasteiger partial charge in [-0.1, -0.05) is 13.3 Å². The van der Waals surface area contributed by atoms with E-state index in [1.54, 1.807) is 0 Å². The summed E-state index contributed by atoms with van der Waals surface area (Å²) in [6, 6.07) is -0.434. The van der Waals surface area contributed by atoms with E-state index in [4.69, 9.17) is 0 Å². The molecule has 0 radical (unpaired) electrons. The van der Waals surface area contributed by atoms with Gasteiger partial charge in [0.25, 0.3) is 0 Å². The Morgan fingerprint density at radius 2 is 2.05 bits per heavy atom. The number of hydrogen-bond donors (Lipinski definition) is 3. The fraction of sp³-hybridized carbons (Fsp3) is 0.846. The van der Waals surface area contributed by atoms with Crippen molar-refractivity contribution in [1.82, 2.24) is 15.5 Å². The molecule has 3 amide bonds. The number of carbonyl (C=O) groups excluding carboxylic acids is 2. The second kappa shape index (κ2) is 5.88. The minimum atomic E-state index is -0.580. The van der Waals surface area contributed by atoms with Crippen molar-refractivity contribution in [2.45, 2.75) is 38.2 Å². The van der Waals surface area contributed by atoms with Crippen LogP contribution in [0.1, 0.15) is 32.6 Å². The summed E-state index contributed by atoms with van der Waals surface area (Å²) in [7, 11) is 0. The van der Waals surface area contributed by atoms with Crippen LogP contribution in [0.15, 0.2) is 0 Å². The van der Waals surface area contributed by atoms with Crippen molar-refractivity contribution in [3.8, 4) is 0 Å². The number of amides is 3. The first-order valence-corrected chi connectivity index (χ1v) is 7.06. The van der Waals surface area contributed by atoms with Gasteiger partial charge in [-0.15, -0.1) is 0 Å². The quantitative estimate of drug-likeness (QED) is 0.596. The molecule has 0 aromatic heterocycles. The van der Waals surface area contributed by atoms with Crippen LogP contribution in [0.2, 0.25) is 0 Å². The largest absolute Gasteiger partial charge is 0.387 e. The maximum absolute atomic E-state index is 11.6. The van der Waals surface area contributed by atoms with Crippen LogP contribution < -0.4 is 10.6 Å². The number of nitrogens with zero attached hydrogens (tertiary/aromatic N) is 1. The van der Waals surface area contributed by atoms with Crippen LogP contribution in [0.25, 0.3) is 0 Å². The van der Waals surface area contributed by atoms with Crippen molar-refractivity contribution in [1.29, 1.82) is 0 Å². The third-order valence-corrected chi connectivity index (χ3v) is 3.77. The highest BCUT2D eigenvalue weighted by Crippen LogP contribution is 2.44. The van der Waals surface area contributed by atoms with Crippen molar-refractivity contribution < 1.29 is 14.7 Å². The third kappa shape index (κ3) is 3.91. The molecule has 2 fully saturated rings. The molecule has 2 aliphatic rings. The van der Waals surface area contributed by atoms with Crippen molar-refractivity contribution in [3.63, 3.8) is 0 Å². The smallest absolute Gasteiger partial charge is 0.321 e. The Labute approximate surface area is 113 Å². The van der Waals surface area contributed by atoms with Crippen molar-refractivity contribution in [3.05, 3.63) is 0 Å². The number of likely N-dealkylation sites (tertiary alicyclic amines) is 1. The molecule has 0 spiro atoms. The van der Waals surface area contributed by atoms with Crippen molar-refractivity contribution in [2.24, 2.45) is 5.92 Å². The van der Waals surface area contributed by atoms with Gasteiger partial charge in [0, 0.05) is 19.6 Å². The number of carbonyl (C=O) groups is 2. The molecule has 6 nitrogen and oxygen atoms in total. The van der Waals surface area contributed by atoms with Gasteiger partial charge in [-0.25, -0.2) is 4.79 Å². The number of rotatable bonds is 6. The molecule has 0 atom stereocenters. The van der Waals surface area contributed by atoms with Gasteiger partial charge >= 0.3 is 6.03 Å². The molecular formula is C13H23N3O3. The normalized spacial score (nSPS) is 21.6. The topological polar surface area (TPSA) is 81.7 Å². The van der Waals surface area contributed by atoms with E-state index in [9.17, 15) is 14.7 Å². The molecular weight excluding hydrogens is 246 g/mol. The van der Waals surface area contributed by atoms with Gasteiger partial charge in [-0.2, -0.15) is 0 Å². The van der Waals surface area contributed by atoms with Crippen LogP contribution in [0.3, 0.4) is 0 Å². The molecule has 0 aromatic carbocycles. The summed E-state index contributed by atoms with van der Waals surface area (Å²) in [6.07, 6.45) is 4.09.